The minimum absolute atomic E-state index is 0.0281. The molecule has 8 heteroatoms. The number of fused-ring (bicyclic) bond motifs is 1. The second-order valence-electron chi connectivity index (χ2n) is 6.53. The van der Waals surface area contributed by atoms with Crippen LogP contribution >= 0.6 is 0 Å². The second kappa shape index (κ2) is 6.04. The summed E-state index contributed by atoms with van der Waals surface area (Å²) in [5, 5.41) is 10.2. The van der Waals surface area contributed by atoms with Gasteiger partial charge in [-0.05, 0) is 24.6 Å². The Hall–Kier alpha value is -2.16. The summed E-state index contributed by atoms with van der Waals surface area (Å²) in [6.07, 6.45) is -0.651. The van der Waals surface area contributed by atoms with Crippen LogP contribution in [0, 0.1) is 5.92 Å². The normalized spacial score (nSPS) is 25.2. The van der Waals surface area contributed by atoms with Gasteiger partial charge in [0.2, 0.25) is 5.91 Å². The highest BCUT2D eigenvalue weighted by molar-refractivity contribution is 5.78. The van der Waals surface area contributed by atoms with Crippen LogP contribution in [0.2, 0.25) is 0 Å². The lowest BCUT2D eigenvalue weighted by molar-refractivity contribution is -0.118. The minimum Gasteiger partial charge on any atom is -0.377 e. The molecule has 2 aromatic rings. The predicted molar refractivity (Wildman–Crippen MR) is 89.9 cm³/mol. The van der Waals surface area contributed by atoms with E-state index in [9.17, 15) is 14.7 Å². The molecule has 1 aromatic carbocycles. The average molecular weight is 333 g/mol. The van der Waals surface area contributed by atoms with E-state index in [1.54, 1.807) is 23.2 Å². The molecule has 1 fully saturated rings. The number of nitrogens with one attached hydrogen (secondary N) is 2. The van der Waals surface area contributed by atoms with Crippen LogP contribution in [0.5, 0.6) is 0 Å². The smallest absolute Gasteiger partial charge is 0.328 e. The zero-order valence-corrected chi connectivity index (χ0v) is 14.0. The first kappa shape index (κ1) is 16.7. The number of carbonyl (C=O) groups excluding carboxylic acids is 1. The van der Waals surface area contributed by atoms with Crippen LogP contribution in [0.1, 0.15) is 24.8 Å². The number of aliphatic hydroxyl groups is 1. The van der Waals surface area contributed by atoms with Crippen LogP contribution in [0.25, 0.3) is 11.0 Å². The Labute approximate surface area is 139 Å². The number of hydrogen-bond acceptors (Lipinski definition) is 5. The summed E-state index contributed by atoms with van der Waals surface area (Å²) in [4.78, 5) is 23.7. The number of imidazole rings is 1. The van der Waals surface area contributed by atoms with Crippen molar-refractivity contribution in [2.24, 2.45) is 25.7 Å². The summed E-state index contributed by atoms with van der Waals surface area (Å²) in [6, 6.07) is 5.64. The maximum absolute atomic E-state index is 12.1. The molecule has 4 atom stereocenters. The van der Waals surface area contributed by atoms with E-state index in [0.717, 1.165) is 16.6 Å². The fourth-order valence-corrected chi connectivity index (χ4v) is 3.70. The number of benzene rings is 1. The van der Waals surface area contributed by atoms with Crippen LogP contribution < -0.4 is 22.3 Å². The molecular weight excluding hydrogens is 310 g/mol. The second-order valence-corrected chi connectivity index (χ2v) is 6.53. The monoisotopic (exact) mass is 333 g/mol. The van der Waals surface area contributed by atoms with Gasteiger partial charge in [0, 0.05) is 38.4 Å². The summed E-state index contributed by atoms with van der Waals surface area (Å²) >= 11 is 0. The number of aliphatic hydroxyl groups excluding tert-OH is 1. The molecule has 1 aliphatic heterocycles. The number of hydrogen-bond donors (Lipinski definition) is 4. The Bertz CT molecular complexity index is 830. The highest BCUT2D eigenvalue weighted by Gasteiger charge is 2.39. The average Bonchev–Trinajstić information content (AvgIpc) is 2.98. The molecule has 8 nitrogen and oxygen atoms in total. The number of aromatic nitrogens is 2. The Morgan fingerprint density at radius 3 is 2.54 bits per heavy atom. The van der Waals surface area contributed by atoms with Crippen molar-refractivity contribution >= 4 is 16.9 Å². The third-order valence-corrected chi connectivity index (χ3v) is 5.01. The standard InChI is InChI=1S/C16H23N5O3/c1-8-14(15(23)19-18-8)10(7-13(17)22)9-4-5-11-12(6-9)21(3)16(24)20(11)2/h4-6,8,10,14-15,18-19,23H,7H2,1-3H3,(H2,17,22). The number of hydrazine groups is 1. The molecule has 2 heterocycles. The van der Waals surface area contributed by atoms with E-state index >= 15 is 0 Å². The van der Waals surface area contributed by atoms with Crippen LogP contribution in [-0.2, 0) is 18.9 Å². The summed E-state index contributed by atoms with van der Waals surface area (Å²) in [5.41, 5.74) is 13.6. The third kappa shape index (κ3) is 2.62. The SMILES string of the molecule is CC1NNC(O)C1C(CC(N)=O)c1ccc2c(c1)n(C)c(=O)n2C. The van der Waals surface area contributed by atoms with Crippen LogP contribution in [0.4, 0.5) is 0 Å². The molecule has 1 aromatic heterocycles. The molecule has 3 rings (SSSR count). The first-order valence-corrected chi connectivity index (χ1v) is 7.94. The Kier molecular flexibility index (Phi) is 4.20. The number of carbonyl (C=O) groups is 1. The molecule has 1 saturated heterocycles. The van der Waals surface area contributed by atoms with Crippen molar-refractivity contribution in [2.45, 2.75) is 31.5 Å². The van der Waals surface area contributed by atoms with Gasteiger partial charge in [-0.25, -0.2) is 10.2 Å². The molecule has 1 aliphatic rings. The van der Waals surface area contributed by atoms with Gasteiger partial charge in [-0.15, -0.1) is 0 Å². The molecule has 130 valence electrons. The first-order chi connectivity index (χ1) is 11.3. The van der Waals surface area contributed by atoms with Crippen molar-refractivity contribution in [2.75, 3.05) is 0 Å². The number of primary amides is 1. The van der Waals surface area contributed by atoms with E-state index in [1.165, 1.54) is 0 Å². The van der Waals surface area contributed by atoms with E-state index in [-0.39, 0.29) is 30.0 Å². The van der Waals surface area contributed by atoms with Crippen LogP contribution in [0.15, 0.2) is 23.0 Å². The van der Waals surface area contributed by atoms with Gasteiger partial charge in [-0.2, -0.15) is 0 Å². The van der Waals surface area contributed by atoms with Gasteiger partial charge in [0.25, 0.3) is 0 Å². The van der Waals surface area contributed by atoms with Crippen molar-refractivity contribution in [3.63, 3.8) is 0 Å². The van der Waals surface area contributed by atoms with Gasteiger partial charge in [0.1, 0.15) is 6.23 Å². The van der Waals surface area contributed by atoms with Gasteiger partial charge < -0.3 is 10.8 Å². The van der Waals surface area contributed by atoms with Crippen molar-refractivity contribution in [1.29, 1.82) is 0 Å². The van der Waals surface area contributed by atoms with Gasteiger partial charge in [0.15, 0.2) is 0 Å². The summed E-state index contributed by atoms with van der Waals surface area (Å²) in [5.74, 6) is -0.890. The molecule has 0 spiro atoms. The Morgan fingerprint density at radius 2 is 1.96 bits per heavy atom. The van der Waals surface area contributed by atoms with Crippen molar-refractivity contribution in [3.8, 4) is 0 Å². The molecule has 0 saturated carbocycles. The largest absolute Gasteiger partial charge is 0.377 e. The van der Waals surface area contributed by atoms with Gasteiger partial charge in [-0.1, -0.05) is 6.07 Å². The van der Waals surface area contributed by atoms with E-state index < -0.39 is 12.1 Å². The number of amides is 1. The highest BCUT2D eigenvalue weighted by Crippen LogP contribution is 2.35. The lowest BCUT2D eigenvalue weighted by Crippen LogP contribution is -2.34. The van der Waals surface area contributed by atoms with Gasteiger partial charge in [0.05, 0.1) is 11.0 Å². The Morgan fingerprint density at radius 1 is 1.29 bits per heavy atom. The maximum atomic E-state index is 12.1. The molecule has 0 radical (unpaired) electrons. The van der Waals surface area contributed by atoms with Crippen LogP contribution in [-0.4, -0.2) is 32.4 Å². The third-order valence-electron chi connectivity index (χ3n) is 5.01. The maximum Gasteiger partial charge on any atom is 0.328 e. The molecule has 24 heavy (non-hydrogen) atoms. The summed E-state index contributed by atoms with van der Waals surface area (Å²) < 4.78 is 3.16. The first-order valence-electron chi connectivity index (χ1n) is 7.94. The zero-order chi connectivity index (χ0) is 17.6. The predicted octanol–water partition coefficient (Wildman–Crippen LogP) is -0.733. The highest BCUT2D eigenvalue weighted by atomic mass is 16.3. The fourth-order valence-electron chi connectivity index (χ4n) is 3.70. The van der Waals surface area contributed by atoms with Crippen molar-refractivity contribution in [1.82, 2.24) is 20.0 Å². The fraction of sp³-hybridized carbons (Fsp3) is 0.500. The molecule has 0 bridgehead atoms. The molecule has 5 N–H and O–H groups in total. The zero-order valence-electron chi connectivity index (χ0n) is 14.0. The number of aryl methyl sites for hydroxylation is 2. The Balaban J connectivity index is 2.10. The molecule has 1 amide bonds. The molecular formula is C16H23N5O3. The lowest BCUT2D eigenvalue weighted by Gasteiger charge is -2.27. The summed E-state index contributed by atoms with van der Waals surface area (Å²) in [6.45, 7) is 1.94. The topological polar surface area (TPSA) is 114 Å². The minimum atomic E-state index is -0.778. The van der Waals surface area contributed by atoms with E-state index in [0.29, 0.717) is 0 Å². The van der Waals surface area contributed by atoms with Crippen molar-refractivity contribution in [3.05, 3.63) is 34.2 Å². The van der Waals surface area contributed by atoms with Gasteiger partial charge >= 0.3 is 5.69 Å². The molecule has 0 aliphatic carbocycles. The lowest BCUT2D eigenvalue weighted by atomic mass is 9.79. The van der Waals surface area contributed by atoms with Gasteiger partial charge in [-0.3, -0.25) is 19.4 Å². The number of rotatable bonds is 4. The van der Waals surface area contributed by atoms with E-state index in [1.807, 2.05) is 25.1 Å². The molecule has 4 unspecified atom stereocenters. The van der Waals surface area contributed by atoms with E-state index in [2.05, 4.69) is 10.9 Å². The van der Waals surface area contributed by atoms with Crippen molar-refractivity contribution < 1.29 is 9.90 Å². The summed E-state index contributed by atoms with van der Waals surface area (Å²) in [7, 11) is 3.44. The quantitative estimate of drug-likeness (QED) is 0.589. The van der Waals surface area contributed by atoms with E-state index in [4.69, 9.17) is 5.73 Å². The van der Waals surface area contributed by atoms with Crippen LogP contribution in [0.3, 0.4) is 0 Å². The number of nitrogens with two attached hydrogens (primary N) is 1. The number of nitrogens with zero attached hydrogens (tertiary/aromatic N) is 2.